The van der Waals surface area contributed by atoms with Gasteiger partial charge in [0.1, 0.15) is 11.6 Å². The highest BCUT2D eigenvalue weighted by atomic mass is 16.5. The molecule has 0 spiro atoms. The molecule has 5 rings (SSSR count). The van der Waals surface area contributed by atoms with E-state index in [2.05, 4.69) is 25.3 Å². The van der Waals surface area contributed by atoms with E-state index in [1.54, 1.807) is 6.20 Å². The Morgan fingerprint density at radius 1 is 1.14 bits per heavy atom. The summed E-state index contributed by atoms with van der Waals surface area (Å²) in [7, 11) is 1.47. The molecule has 0 radical (unpaired) electrons. The van der Waals surface area contributed by atoms with Gasteiger partial charge in [0.2, 0.25) is 6.19 Å². The van der Waals surface area contributed by atoms with Crippen LogP contribution in [0.4, 0.5) is 0 Å². The van der Waals surface area contributed by atoms with Gasteiger partial charge in [0.05, 0.1) is 42.2 Å². The van der Waals surface area contributed by atoms with Crippen LogP contribution in [-0.2, 0) is 4.79 Å². The van der Waals surface area contributed by atoms with Crippen LogP contribution in [0, 0.1) is 11.5 Å². The van der Waals surface area contributed by atoms with Crippen molar-refractivity contribution in [2.75, 3.05) is 33.3 Å². The largest absolute Gasteiger partial charge is 0.494 e. The Hall–Kier alpha value is -5.05. The maximum absolute atomic E-state index is 13.3. The second-order valence-electron chi connectivity index (χ2n) is 7.96. The fraction of sp³-hybridized carbons (Fsp3) is 0.208. The van der Waals surface area contributed by atoms with E-state index in [4.69, 9.17) is 10.00 Å². The second-order valence-corrected chi connectivity index (χ2v) is 7.96. The number of amides is 1. The lowest BCUT2D eigenvalue weighted by atomic mass is 10.1. The normalized spacial score (nSPS) is 14.1. The number of Topliss-reactive ketones (excluding diaryl/α,β-unsaturated/α-hetero) is 1. The molecule has 0 saturated carbocycles. The molecule has 1 amide bonds. The minimum Gasteiger partial charge on any atom is -0.494 e. The Balaban J connectivity index is 1.37. The smallest absolute Gasteiger partial charge is 0.295 e. The quantitative estimate of drug-likeness (QED) is 0.147. The highest BCUT2D eigenvalue weighted by Gasteiger charge is 2.31. The molecule has 0 aliphatic carbocycles. The van der Waals surface area contributed by atoms with Crippen LogP contribution < -0.4 is 4.74 Å². The number of H-pyrrole nitrogens is 1. The number of pyridine rings is 1. The topological polar surface area (TPSA) is 145 Å². The van der Waals surface area contributed by atoms with Crippen molar-refractivity contribution in [1.82, 2.24) is 34.8 Å². The molecule has 1 fully saturated rings. The number of hydrogen-bond donors (Lipinski definition) is 1. The minimum atomic E-state index is -0.655. The number of methoxy groups -OCH3 is 1. The first-order chi connectivity index (χ1) is 17.6. The Morgan fingerprint density at radius 2 is 1.89 bits per heavy atom. The Morgan fingerprint density at radius 3 is 2.56 bits per heavy atom. The number of nitrogens with zero attached hydrogens (tertiary/aromatic N) is 8. The molecule has 0 unspecified atom stereocenters. The van der Waals surface area contributed by atoms with E-state index in [1.165, 1.54) is 35.3 Å². The van der Waals surface area contributed by atoms with Crippen LogP contribution in [0.15, 0.2) is 60.1 Å². The summed E-state index contributed by atoms with van der Waals surface area (Å²) in [4.78, 5) is 41.4. The predicted octanol–water partition coefficient (Wildman–Crippen LogP) is 1.41. The summed E-state index contributed by atoms with van der Waals surface area (Å²) in [6.07, 6.45) is 7.96. The lowest BCUT2D eigenvalue weighted by molar-refractivity contribution is -0.127. The van der Waals surface area contributed by atoms with Crippen molar-refractivity contribution < 1.29 is 14.3 Å². The molecule has 1 aromatic carbocycles. The van der Waals surface area contributed by atoms with Crippen LogP contribution in [0.25, 0.3) is 16.7 Å². The molecule has 1 N–H and O–H groups in total. The summed E-state index contributed by atoms with van der Waals surface area (Å²) in [6.45, 7) is 1.50. The summed E-state index contributed by atoms with van der Waals surface area (Å²) >= 11 is 0. The molecular formula is C24H21N9O3. The molecule has 4 aromatic rings. The fourth-order valence-electron chi connectivity index (χ4n) is 4.27. The van der Waals surface area contributed by atoms with E-state index in [9.17, 15) is 9.59 Å². The zero-order valence-corrected chi connectivity index (χ0v) is 19.3. The maximum Gasteiger partial charge on any atom is 0.295 e. The van der Waals surface area contributed by atoms with Crippen molar-refractivity contribution in [1.29, 1.82) is 5.26 Å². The first-order valence-corrected chi connectivity index (χ1v) is 11.1. The second kappa shape index (κ2) is 9.67. The predicted molar refractivity (Wildman–Crippen MR) is 129 cm³/mol. The van der Waals surface area contributed by atoms with Crippen LogP contribution in [-0.4, -0.2) is 85.6 Å². The van der Waals surface area contributed by atoms with Crippen molar-refractivity contribution in [2.45, 2.75) is 0 Å². The lowest BCUT2D eigenvalue weighted by Crippen LogP contribution is -2.52. The van der Waals surface area contributed by atoms with Gasteiger partial charge in [-0.25, -0.2) is 9.67 Å². The van der Waals surface area contributed by atoms with Gasteiger partial charge in [0.15, 0.2) is 5.82 Å². The number of aromatic amines is 1. The van der Waals surface area contributed by atoms with Gasteiger partial charge < -0.3 is 19.5 Å². The van der Waals surface area contributed by atoms with Crippen LogP contribution >= 0.6 is 0 Å². The van der Waals surface area contributed by atoms with Gasteiger partial charge in [-0.3, -0.25) is 9.59 Å². The van der Waals surface area contributed by atoms with E-state index in [1.807, 2.05) is 41.4 Å². The average Bonchev–Trinajstić information content (AvgIpc) is 3.62. The number of ketones is 1. The number of hydrogen-bond acceptors (Lipinski definition) is 8. The number of carbonyl (C=O) groups is 2. The summed E-state index contributed by atoms with van der Waals surface area (Å²) in [5.41, 5.74) is 1.51. The molecular weight excluding hydrogens is 462 g/mol. The van der Waals surface area contributed by atoms with E-state index in [-0.39, 0.29) is 5.56 Å². The van der Waals surface area contributed by atoms with Crippen LogP contribution in [0.1, 0.15) is 15.9 Å². The molecule has 0 bridgehead atoms. The molecule has 180 valence electrons. The number of amidine groups is 1. The number of nitrogens with one attached hydrogen (secondary N) is 1. The van der Waals surface area contributed by atoms with Crippen LogP contribution in [0.5, 0.6) is 5.75 Å². The van der Waals surface area contributed by atoms with Gasteiger partial charge in [0.25, 0.3) is 11.7 Å². The van der Waals surface area contributed by atoms with E-state index in [0.29, 0.717) is 54.5 Å². The molecule has 36 heavy (non-hydrogen) atoms. The van der Waals surface area contributed by atoms with Crippen LogP contribution in [0.2, 0.25) is 0 Å². The molecule has 4 heterocycles. The number of nitriles is 1. The van der Waals surface area contributed by atoms with Crippen molar-refractivity contribution in [3.05, 3.63) is 66.2 Å². The van der Waals surface area contributed by atoms with Gasteiger partial charge in [-0.15, -0.1) is 5.10 Å². The summed E-state index contributed by atoms with van der Waals surface area (Å²) in [5.74, 6) is 0.0592. The zero-order valence-electron chi connectivity index (χ0n) is 19.3. The first-order valence-electron chi connectivity index (χ1n) is 11.1. The average molecular weight is 483 g/mol. The number of ether oxygens (including phenoxy) is 1. The number of fused-ring (bicyclic) bond motifs is 1. The molecule has 3 aromatic heterocycles. The first kappa shape index (κ1) is 22.7. The molecule has 12 heteroatoms. The van der Waals surface area contributed by atoms with Gasteiger partial charge in [-0.2, -0.15) is 10.3 Å². The van der Waals surface area contributed by atoms with Crippen LogP contribution in [0.3, 0.4) is 0 Å². The van der Waals surface area contributed by atoms with Crippen molar-refractivity contribution >= 4 is 28.4 Å². The number of aliphatic imine (C=N–C) groups is 1. The summed E-state index contributed by atoms with van der Waals surface area (Å²) in [5, 5.41) is 17.4. The SMILES string of the molecule is COc1cnc(-n2ccnn2)c2[nH]cc(C(=O)C(=O)N3CCN(C(=NC#N)c4ccccc4)CC3)c12. The fourth-order valence-corrected chi connectivity index (χ4v) is 4.27. The lowest BCUT2D eigenvalue weighted by Gasteiger charge is -2.36. The molecule has 0 atom stereocenters. The number of rotatable bonds is 5. The number of carbonyl (C=O) groups excluding carboxylic acids is 2. The molecule has 12 nitrogen and oxygen atoms in total. The van der Waals surface area contributed by atoms with Gasteiger partial charge in [-0.05, 0) is 0 Å². The van der Waals surface area contributed by atoms with Gasteiger partial charge >= 0.3 is 0 Å². The van der Waals surface area contributed by atoms with Crippen molar-refractivity contribution in [3.8, 4) is 17.8 Å². The summed E-state index contributed by atoms with van der Waals surface area (Å²) < 4.78 is 6.89. The monoisotopic (exact) mass is 483 g/mol. The molecule has 1 aliphatic heterocycles. The zero-order chi connectivity index (χ0) is 25.1. The number of aromatic nitrogens is 5. The van der Waals surface area contributed by atoms with E-state index in [0.717, 1.165) is 5.56 Å². The third-order valence-corrected chi connectivity index (χ3v) is 6.01. The highest BCUT2D eigenvalue weighted by Crippen LogP contribution is 2.31. The highest BCUT2D eigenvalue weighted by molar-refractivity contribution is 6.45. The summed E-state index contributed by atoms with van der Waals surface area (Å²) in [6, 6.07) is 9.40. The third-order valence-electron chi connectivity index (χ3n) is 6.01. The van der Waals surface area contributed by atoms with E-state index < -0.39 is 11.7 Å². The Bertz CT molecular complexity index is 1480. The van der Waals surface area contributed by atoms with Gasteiger partial charge in [-0.1, -0.05) is 35.5 Å². The van der Waals surface area contributed by atoms with E-state index >= 15 is 0 Å². The Kier molecular flexibility index (Phi) is 6.10. The van der Waals surface area contributed by atoms with Gasteiger partial charge in [0, 0.05) is 37.9 Å². The van der Waals surface area contributed by atoms with Crippen molar-refractivity contribution in [2.24, 2.45) is 4.99 Å². The maximum atomic E-state index is 13.3. The standard InChI is InChI=1S/C24H21N9O3/c1-36-18-14-27-23(33-8-7-29-30-33)20-19(18)17(13-26-20)21(34)24(35)32-11-9-31(10-12-32)22(28-15-25)16-5-3-2-4-6-16/h2-8,13-14,26H,9-12H2,1H3. The minimum absolute atomic E-state index is 0.189. The third kappa shape index (κ3) is 4.03. The Labute approximate surface area is 205 Å². The van der Waals surface area contributed by atoms with Crippen molar-refractivity contribution in [3.63, 3.8) is 0 Å². The number of piperazine rings is 1. The number of benzene rings is 1. The molecule has 1 saturated heterocycles. The molecule has 1 aliphatic rings.